The van der Waals surface area contributed by atoms with Gasteiger partial charge in [-0.05, 0) is 37.3 Å². The number of aromatic nitrogens is 1. The second kappa shape index (κ2) is 6.67. The molecule has 116 valence electrons. The molecule has 0 N–H and O–H groups in total. The van der Waals surface area contributed by atoms with Crippen LogP contribution in [0.25, 0.3) is 10.9 Å². The Morgan fingerprint density at radius 2 is 1.96 bits per heavy atom. The number of carbonyl (C=O) groups is 1. The van der Waals surface area contributed by atoms with Crippen LogP contribution in [0.3, 0.4) is 0 Å². The van der Waals surface area contributed by atoms with Crippen molar-refractivity contribution in [1.82, 2.24) is 4.98 Å². The van der Waals surface area contributed by atoms with Gasteiger partial charge in [0.05, 0.1) is 12.1 Å². The van der Waals surface area contributed by atoms with Crippen molar-refractivity contribution >= 4 is 28.5 Å². The van der Waals surface area contributed by atoms with Crippen molar-refractivity contribution in [3.8, 4) is 11.5 Å². The lowest BCUT2D eigenvalue weighted by Gasteiger charge is -2.13. The minimum atomic E-state index is -0.470. The van der Waals surface area contributed by atoms with Gasteiger partial charge in [-0.15, -0.1) is 0 Å². The number of pyridine rings is 1. The number of hydrogen-bond acceptors (Lipinski definition) is 4. The fourth-order valence-electron chi connectivity index (χ4n) is 2.21. The maximum Gasteiger partial charge on any atom is 0.343 e. The van der Waals surface area contributed by atoms with E-state index in [0.717, 1.165) is 0 Å². The number of carbonyl (C=O) groups excluding carboxylic acids is 1. The average Bonchev–Trinajstić information content (AvgIpc) is 2.56. The Morgan fingerprint density at radius 3 is 2.70 bits per heavy atom. The fraction of sp³-hybridized carbons (Fsp3) is 0.111. The van der Waals surface area contributed by atoms with Crippen LogP contribution in [-0.2, 0) is 4.74 Å². The normalized spacial score (nSPS) is 10.5. The Kier molecular flexibility index (Phi) is 4.44. The van der Waals surface area contributed by atoms with Gasteiger partial charge in [-0.3, -0.25) is 4.98 Å². The second-order valence-corrected chi connectivity index (χ2v) is 5.23. The number of hydrogen-bond donors (Lipinski definition) is 0. The first kappa shape index (κ1) is 15.3. The van der Waals surface area contributed by atoms with Crippen LogP contribution in [0.2, 0.25) is 5.02 Å². The molecule has 0 aliphatic heterocycles. The first-order chi connectivity index (χ1) is 11.2. The molecule has 0 amide bonds. The highest BCUT2D eigenvalue weighted by Crippen LogP contribution is 2.34. The van der Waals surface area contributed by atoms with Crippen LogP contribution in [0.5, 0.6) is 11.5 Å². The molecule has 2 aromatic carbocycles. The molecule has 0 atom stereocenters. The lowest BCUT2D eigenvalue weighted by Crippen LogP contribution is -2.07. The van der Waals surface area contributed by atoms with Gasteiger partial charge in [0.1, 0.15) is 11.3 Å². The van der Waals surface area contributed by atoms with Gasteiger partial charge in [-0.2, -0.15) is 0 Å². The number of fused-ring (bicyclic) bond motifs is 1. The van der Waals surface area contributed by atoms with Crippen molar-refractivity contribution in [1.29, 1.82) is 0 Å². The van der Waals surface area contributed by atoms with Crippen molar-refractivity contribution in [2.75, 3.05) is 6.61 Å². The number of ether oxygens (including phenoxy) is 2. The molecule has 0 radical (unpaired) electrons. The zero-order valence-corrected chi connectivity index (χ0v) is 13.2. The molecule has 0 fully saturated rings. The molecule has 0 spiro atoms. The van der Waals surface area contributed by atoms with E-state index in [2.05, 4.69) is 4.98 Å². The van der Waals surface area contributed by atoms with Crippen LogP contribution in [0.4, 0.5) is 0 Å². The van der Waals surface area contributed by atoms with Gasteiger partial charge < -0.3 is 9.47 Å². The summed E-state index contributed by atoms with van der Waals surface area (Å²) in [6, 6.07) is 14.5. The minimum absolute atomic E-state index is 0.280. The van der Waals surface area contributed by atoms with E-state index in [1.807, 2.05) is 30.3 Å². The highest BCUT2D eigenvalue weighted by Gasteiger charge is 2.19. The lowest BCUT2D eigenvalue weighted by molar-refractivity contribution is 0.0523. The molecule has 0 aliphatic rings. The highest BCUT2D eigenvalue weighted by atomic mass is 35.5. The number of para-hydroxylation sites is 1. The predicted octanol–water partition coefficient (Wildman–Crippen LogP) is 4.86. The molecule has 0 bridgehead atoms. The van der Waals surface area contributed by atoms with E-state index in [9.17, 15) is 4.79 Å². The third-order valence-corrected chi connectivity index (χ3v) is 3.48. The maximum absolute atomic E-state index is 12.2. The number of nitrogens with zero attached hydrogens (tertiary/aromatic N) is 1. The molecule has 4 nitrogen and oxygen atoms in total. The van der Waals surface area contributed by atoms with Gasteiger partial charge in [0.25, 0.3) is 0 Å². The van der Waals surface area contributed by atoms with Gasteiger partial charge in [0, 0.05) is 16.6 Å². The van der Waals surface area contributed by atoms with Crippen LogP contribution in [-0.4, -0.2) is 17.6 Å². The van der Waals surface area contributed by atoms with E-state index in [4.69, 9.17) is 21.1 Å². The topological polar surface area (TPSA) is 48.4 Å². The van der Waals surface area contributed by atoms with E-state index < -0.39 is 5.97 Å². The Bertz CT molecular complexity index is 850. The quantitative estimate of drug-likeness (QED) is 0.642. The number of esters is 1. The first-order valence-corrected chi connectivity index (χ1v) is 7.55. The predicted molar refractivity (Wildman–Crippen MR) is 89.2 cm³/mol. The van der Waals surface area contributed by atoms with Crippen LogP contribution in [0, 0.1) is 0 Å². The Labute approximate surface area is 138 Å². The van der Waals surface area contributed by atoms with Gasteiger partial charge in [-0.1, -0.05) is 29.8 Å². The third kappa shape index (κ3) is 3.27. The number of benzene rings is 2. The number of rotatable bonds is 4. The van der Waals surface area contributed by atoms with Crippen LogP contribution in [0.1, 0.15) is 17.3 Å². The van der Waals surface area contributed by atoms with E-state index in [-0.39, 0.29) is 12.2 Å². The second-order valence-electron chi connectivity index (χ2n) is 4.80. The summed E-state index contributed by atoms with van der Waals surface area (Å²) in [5.41, 5.74) is 0.932. The van der Waals surface area contributed by atoms with E-state index >= 15 is 0 Å². The molecule has 0 unspecified atom stereocenters. The van der Waals surface area contributed by atoms with Crippen molar-refractivity contribution in [2.45, 2.75) is 6.92 Å². The third-order valence-electron chi connectivity index (χ3n) is 3.24. The molecule has 0 saturated carbocycles. The summed E-state index contributed by atoms with van der Waals surface area (Å²) in [5.74, 6) is 0.569. The summed E-state index contributed by atoms with van der Waals surface area (Å²) in [6.07, 6.45) is 1.45. The molecule has 0 aliphatic carbocycles. The Hall–Kier alpha value is -2.59. The van der Waals surface area contributed by atoms with Gasteiger partial charge in [0.15, 0.2) is 5.75 Å². The highest BCUT2D eigenvalue weighted by molar-refractivity contribution is 6.31. The molecule has 1 aromatic heterocycles. The number of halogens is 1. The zero-order chi connectivity index (χ0) is 16.2. The molecule has 3 rings (SSSR count). The minimum Gasteiger partial charge on any atom is -0.462 e. The Balaban J connectivity index is 2.16. The van der Waals surface area contributed by atoms with Crippen molar-refractivity contribution < 1.29 is 14.3 Å². The van der Waals surface area contributed by atoms with Crippen LogP contribution < -0.4 is 4.74 Å². The summed E-state index contributed by atoms with van der Waals surface area (Å²) in [7, 11) is 0. The molecule has 5 heteroatoms. The van der Waals surface area contributed by atoms with Crippen LogP contribution >= 0.6 is 11.6 Å². The zero-order valence-electron chi connectivity index (χ0n) is 12.5. The van der Waals surface area contributed by atoms with Crippen molar-refractivity contribution in [3.63, 3.8) is 0 Å². The summed E-state index contributed by atoms with van der Waals surface area (Å²) in [4.78, 5) is 16.5. The first-order valence-electron chi connectivity index (χ1n) is 7.17. The van der Waals surface area contributed by atoms with Crippen LogP contribution in [0.15, 0.2) is 54.7 Å². The van der Waals surface area contributed by atoms with Crippen molar-refractivity contribution in [3.05, 3.63) is 65.3 Å². The van der Waals surface area contributed by atoms with Crippen molar-refractivity contribution in [2.24, 2.45) is 0 Å². The maximum atomic E-state index is 12.2. The molecule has 0 saturated heterocycles. The standard InChI is InChI=1S/C18H14ClNO3/c1-2-22-18(21)15-11-20-16-10-12(19)8-9-14(16)17(15)23-13-6-4-3-5-7-13/h3-11H,2H2,1H3. The van der Waals surface area contributed by atoms with Gasteiger partial charge in [0.2, 0.25) is 0 Å². The molecular weight excluding hydrogens is 314 g/mol. The van der Waals surface area contributed by atoms with Gasteiger partial charge >= 0.3 is 5.97 Å². The average molecular weight is 328 g/mol. The smallest absolute Gasteiger partial charge is 0.343 e. The summed E-state index contributed by atoms with van der Waals surface area (Å²) in [6.45, 7) is 2.03. The summed E-state index contributed by atoms with van der Waals surface area (Å²) in [5, 5.41) is 1.27. The molecular formula is C18H14ClNO3. The van der Waals surface area contributed by atoms with Gasteiger partial charge in [-0.25, -0.2) is 4.79 Å². The largest absolute Gasteiger partial charge is 0.462 e. The lowest BCUT2D eigenvalue weighted by atomic mass is 10.1. The summed E-state index contributed by atoms with van der Waals surface area (Å²) < 4.78 is 11.0. The molecule has 1 heterocycles. The molecule has 23 heavy (non-hydrogen) atoms. The van der Waals surface area contributed by atoms with E-state index in [1.54, 1.807) is 25.1 Å². The summed E-state index contributed by atoms with van der Waals surface area (Å²) >= 11 is 6.01. The van der Waals surface area contributed by atoms with E-state index in [1.165, 1.54) is 6.20 Å². The fourth-order valence-corrected chi connectivity index (χ4v) is 2.38. The Morgan fingerprint density at radius 1 is 1.17 bits per heavy atom. The molecule has 3 aromatic rings. The van der Waals surface area contributed by atoms with E-state index in [0.29, 0.717) is 27.4 Å². The SMILES string of the molecule is CCOC(=O)c1cnc2cc(Cl)ccc2c1Oc1ccccc1. The monoisotopic (exact) mass is 327 g/mol.